The molecule has 0 amide bonds. The fourth-order valence-corrected chi connectivity index (χ4v) is 6.59. The maximum absolute atomic E-state index is 8.96. The molecule has 0 atom stereocenters. The predicted octanol–water partition coefficient (Wildman–Crippen LogP) is 11.6. The molecule has 0 N–H and O–H groups in total. The minimum absolute atomic E-state index is 0.658. The van der Waals surface area contributed by atoms with Crippen LogP contribution >= 0.6 is 22.7 Å². The van der Waals surface area contributed by atoms with E-state index in [9.17, 15) is 0 Å². The van der Waals surface area contributed by atoms with E-state index in [1.54, 1.807) is 0 Å². The maximum atomic E-state index is 8.96. The minimum atomic E-state index is 0.658. The van der Waals surface area contributed by atoms with E-state index in [0.29, 0.717) is 11.3 Å². The lowest BCUT2D eigenvalue weighted by atomic mass is 10.1. The fraction of sp³-hybridized carbons (Fsp3) is 0. The summed E-state index contributed by atoms with van der Waals surface area (Å²) in [6.45, 7) is 7.08. The van der Waals surface area contributed by atoms with Crippen LogP contribution in [0.25, 0.3) is 59.8 Å². The normalized spacial score (nSPS) is 11.1. The summed E-state index contributed by atoms with van der Waals surface area (Å²) in [6.07, 6.45) is 8.33. The Hall–Kier alpha value is -5.26. The lowest BCUT2D eigenvalue weighted by molar-refractivity contribution is 1.48. The molecule has 42 heavy (non-hydrogen) atoms. The van der Waals surface area contributed by atoms with Gasteiger partial charge in [-0.05, 0) is 69.8 Å². The topological polar surface area (TPSA) is 28.1 Å². The van der Waals surface area contributed by atoms with E-state index in [1.807, 2.05) is 71.2 Å². The monoisotopic (exact) mass is 572 g/mol. The third-order valence-electron chi connectivity index (χ3n) is 6.84. The molecule has 0 aliphatic heterocycles. The van der Waals surface area contributed by atoms with Crippen molar-refractivity contribution >= 4 is 52.7 Å². The van der Waals surface area contributed by atoms with Gasteiger partial charge in [-0.3, -0.25) is 0 Å². The highest BCUT2D eigenvalue weighted by molar-refractivity contribution is 7.25. The number of nitriles is 1. The summed E-state index contributed by atoms with van der Waals surface area (Å²) >= 11 is 3.63. The molecule has 2 nitrogen and oxygen atoms in total. The number of nitrogens with zero attached hydrogens (tertiary/aromatic N) is 2. The molecule has 0 aliphatic carbocycles. The smallest absolute Gasteiger partial charge is 0.187 e. The van der Waals surface area contributed by atoms with Crippen LogP contribution in [0.15, 0.2) is 121 Å². The van der Waals surface area contributed by atoms with E-state index in [-0.39, 0.29) is 0 Å². The summed E-state index contributed by atoms with van der Waals surface area (Å²) in [6, 6.07) is 43.5. The van der Waals surface area contributed by atoms with E-state index < -0.39 is 0 Å². The van der Waals surface area contributed by atoms with E-state index in [4.69, 9.17) is 11.8 Å². The molecule has 0 bridgehead atoms. The van der Waals surface area contributed by atoms with E-state index >= 15 is 0 Å². The van der Waals surface area contributed by atoms with Crippen molar-refractivity contribution in [2.24, 2.45) is 0 Å². The van der Waals surface area contributed by atoms with Crippen LogP contribution in [0.3, 0.4) is 0 Å². The Balaban J connectivity index is 1.10. The molecule has 0 saturated heterocycles. The molecule has 0 fully saturated rings. The Morgan fingerprint density at radius 2 is 0.833 bits per heavy atom. The molecule has 198 valence electrons. The Labute approximate surface area is 254 Å². The molecule has 2 aromatic heterocycles. The molecule has 0 radical (unpaired) electrons. The van der Waals surface area contributed by atoms with Crippen LogP contribution < -0.4 is 0 Å². The Bertz CT molecular complexity index is 1810. The van der Waals surface area contributed by atoms with Gasteiger partial charge in [-0.2, -0.15) is 5.26 Å². The highest BCUT2D eigenvalue weighted by atomic mass is 32.1. The summed E-state index contributed by atoms with van der Waals surface area (Å²) < 4.78 is 0. The van der Waals surface area contributed by atoms with Crippen molar-refractivity contribution < 1.29 is 0 Å². The first-order chi connectivity index (χ1) is 20.7. The van der Waals surface area contributed by atoms with Crippen LogP contribution in [0, 0.1) is 17.9 Å². The third-order valence-corrected chi connectivity index (χ3v) is 9.31. The van der Waals surface area contributed by atoms with Crippen LogP contribution in [0.4, 0.5) is 5.69 Å². The average Bonchev–Trinajstić information content (AvgIpc) is 3.75. The molecule has 0 spiro atoms. The summed E-state index contributed by atoms with van der Waals surface area (Å²) in [4.78, 5) is 8.50. The largest absolute Gasteiger partial charge is 0.238 e. The lowest BCUT2D eigenvalue weighted by Gasteiger charge is -2.00. The second-order valence-corrected chi connectivity index (χ2v) is 11.8. The highest BCUT2D eigenvalue weighted by Crippen LogP contribution is 2.40. The molecule has 4 heteroatoms. The van der Waals surface area contributed by atoms with Crippen LogP contribution in [-0.2, 0) is 0 Å². The molecule has 0 saturated carbocycles. The van der Waals surface area contributed by atoms with Gasteiger partial charge in [0.1, 0.15) is 0 Å². The lowest BCUT2D eigenvalue weighted by Crippen LogP contribution is -1.76. The van der Waals surface area contributed by atoms with Crippen LogP contribution in [0.2, 0.25) is 0 Å². The Morgan fingerprint density at radius 1 is 0.476 bits per heavy atom. The average molecular weight is 573 g/mol. The van der Waals surface area contributed by atoms with Crippen molar-refractivity contribution in [3.63, 3.8) is 0 Å². The first-order valence-corrected chi connectivity index (χ1v) is 15.0. The van der Waals surface area contributed by atoms with Gasteiger partial charge >= 0.3 is 0 Å². The van der Waals surface area contributed by atoms with Crippen LogP contribution in [0.5, 0.6) is 0 Å². The van der Waals surface area contributed by atoms with Gasteiger partial charge in [0, 0.05) is 19.5 Å². The predicted molar refractivity (Wildman–Crippen MR) is 180 cm³/mol. The van der Waals surface area contributed by atoms with Gasteiger partial charge in [-0.1, -0.05) is 109 Å². The summed E-state index contributed by atoms with van der Waals surface area (Å²) in [7, 11) is 0. The standard InChI is InChI=1S/C38H24N2S2/c1-40-34-20-14-30(15-21-34)5-4-29-12-18-33(19-13-29)36-23-25-38(42-36)37-24-22-35(41-37)32-16-10-28(11-17-32)3-2-27-6-8-31(26-39)9-7-27/h2-25H/b3-2+,5-4+. The molecule has 0 aliphatic rings. The van der Waals surface area contributed by atoms with Gasteiger partial charge in [0.2, 0.25) is 0 Å². The van der Waals surface area contributed by atoms with Gasteiger partial charge in [-0.15, -0.1) is 22.7 Å². The Kier molecular flexibility index (Phi) is 8.02. The number of hydrogen-bond acceptors (Lipinski definition) is 3. The summed E-state index contributed by atoms with van der Waals surface area (Å²) in [5.41, 5.74) is 8.19. The van der Waals surface area contributed by atoms with Gasteiger partial charge in [0.25, 0.3) is 0 Å². The third kappa shape index (κ3) is 6.38. The molecular formula is C38H24N2S2. The van der Waals surface area contributed by atoms with Crippen molar-refractivity contribution in [3.05, 3.63) is 161 Å². The number of benzene rings is 4. The summed E-state index contributed by atoms with van der Waals surface area (Å²) in [5.74, 6) is 0. The van der Waals surface area contributed by atoms with Crippen molar-refractivity contribution in [1.29, 1.82) is 5.26 Å². The molecule has 0 unspecified atom stereocenters. The van der Waals surface area contributed by atoms with Crippen LogP contribution in [0.1, 0.15) is 27.8 Å². The van der Waals surface area contributed by atoms with Crippen molar-refractivity contribution in [2.45, 2.75) is 0 Å². The second kappa shape index (κ2) is 12.5. The van der Waals surface area contributed by atoms with E-state index in [1.165, 1.54) is 30.6 Å². The molecule has 2 heterocycles. The van der Waals surface area contributed by atoms with E-state index in [2.05, 4.69) is 108 Å². The fourth-order valence-electron chi connectivity index (χ4n) is 4.48. The van der Waals surface area contributed by atoms with Gasteiger partial charge in [-0.25, -0.2) is 4.85 Å². The molecule has 4 aromatic carbocycles. The van der Waals surface area contributed by atoms with Gasteiger partial charge in [0.05, 0.1) is 18.2 Å². The van der Waals surface area contributed by atoms with Crippen molar-refractivity contribution in [2.75, 3.05) is 0 Å². The quantitative estimate of drug-likeness (QED) is 0.138. The first kappa shape index (κ1) is 26.9. The number of hydrogen-bond donors (Lipinski definition) is 0. The SMILES string of the molecule is [C-]#[N+]c1ccc(/C=C/c2ccc(-c3ccc(-c4ccc(-c5ccc(/C=C/c6ccc(C#N)cc6)cc5)s4)s3)cc2)cc1. The number of rotatable bonds is 7. The second-order valence-electron chi connectivity index (χ2n) is 9.68. The zero-order valence-electron chi connectivity index (χ0n) is 22.6. The molecule has 6 rings (SSSR count). The maximum Gasteiger partial charge on any atom is 0.187 e. The number of thiophene rings is 2. The first-order valence-electron chi connectivity index (χ1n) is 13.4. The van der Waals surface area contributed by atoms with Crippen LogP contribution in [-0.4, -0.2) is 0 Å². The van der Waals surface area contributed by atoms with E-state index in [0.717, 1.165) is 22.3 Å². The van der Waals surface area contributed by atoms with Crippen molar-refractivity contribution in [1.82, 2.24) is 0 Å². The molecule has 6 aromatic rings. The highest BCUT2D eigenvalue weighted by Gasteiger charge is 2.09. The minimum Gasteiger partial charge on any atom is -0.238 e. The van der Waals surface area contributed by atoms with Crippen molar-refractivity contribution in [3.8, 4) is 36.7 Å². The Morgan fingerprint density at radius 3 is 1.21 bits per heavy atom. The van der Waals surface area contributed by atoms with Gasteiger partial charge in [0.15, 0.2) is 5.69 Å². The zero-order chi connectivity index (χ0) is 28.7. The summed E-state index contributed by atoms with van der Waals surface area (Å²) in [5, 5.41) is 8.96. The van der Waals surface area contributed by atoms with Gasteiger partial charge < -0.3 is 0 Å². The molecular weight excluding hydrogens is 549 g/mol. The zero-order valence-corrected chi connectivity index (χ0v) is 24.2.